The molecule has 1 aliphatic heterocycles. The Morgan fingerprint density at radius 3 is 2.34 bits per heavy atom. The molecule has 1 aliphatic carbocycles. The number of nitrogens with one attached hydrogen (secondary N) is 2. The lowest BCUT2D eigenvalue weighted by Gasteiger charge is -2.35. The van der Waals surface area contributed by atoms with Crippen molar-refractivity contribution in [3.63, 3.8) is 0 Å². The monoisotopic (exact) mass is 572 g/mol. The maximum absolute atomic E-state index is 12.6. The van der Waals surface area contributed by atoms with E-state index in [9.17, 15) is 4.79 Å². The van der Waals surface area contributed by atoms with Crippen LogP contribution in [0.3, 0.4) is 0 Å². The number of hydrogen-bond acceptors (Lipinski definition) is 3. The molecule has 1 saturated heterocycles. The Bertz CT molecular complexity index is 712. The van der Waals surface area contributed by atoms with E-state index in [4.69, 9.17) is 0 Å². The Hall–Kier alpha value is -0.960. The Kier molecular flexibility index (Phi) is 11.7. The van der Waals surface area contributed by atoms with Crippen LogP contribution in [0.15, 0.2) is 40.2 Å². The fraction of sp³-hybridized carbons (Fsp3) is 0.680. The number of likely N-dealkylation sites (tertiary alicyclic amines) is 1. The summed E-state index contributed by atoms with van der Waals surface area (Å²) < 4.78 is 0.240. The summed E-state index contributed by atoms with van der Waals surface area (Å²) in [5.74, 6) is 1.42. The second-order valence-electron chi connectivity index (χ2n) is 8.99. The lowest BCUT2D eigenvalue weighted by molar-refractivity contribution is -0.136. The van der Waals surface area contributed by atoms with Crippen molar-refractivity contribution in [3.8, 4) is 0 Å². The van der Waals surface area contributed by atoms with Crippen molar-refractivity contribution in [3.05, 3.63) is 30.3 Å². The van der Waals surface area contributed by atoms with Crippen molar-refractivity contribution in [1.82, 2.24) is 15.5 Å². The van der Waals surface area contributed by atoms with Crippen LogP contribution in [-0.4, -0.2) is 54.2 Å². The predicted octanol–water partition coefficient (Wildman–Crippen LogP) is 5.30. The van der Waals surface area contributed by atoms with Gasteiger partial charge in [-0.3, -0.25) is 9.79 Å². The Morgan fingerprint density at radius 1 is 1.16 bits per heavy atom. The molecule has 1 heterocycles. The van der Waals surface area contributed by atoms with Gasteiger partial charge in [-0.2, -0.15) is 0 Å². The van der Waals surface area contributed by atoms with Gasteiger partial charge >= 0.3 is 0 Å². The van der Waals surface area contributed by atoms with E-state index in [0.29, 0.717) is 11.9 Å². The molecule has 1 amide bonds. The summed E-state index contributed by atoms with van der Waals surface area (Å²) in [6.45, 7) is 6.85. The second kappa shape index (κ2) is 13.7. The predicted molar refractivity (Wildman–Crippen MR) is 147 cm³/mol. The molecule has 5 nitrogen and oxygen atoms in total. The first kappa shape index (κ1) is 27.3. The molecule has 3 rings (SSSR count). The number of piperidine rings is 1. The zero-order valence-corrected chi connectivity index (χ0v) is 23.1. The van der Waals surface area contributed by atoms with Gasteiger partial charge in [0.15, 0.2) is 5.96 Å². The average Bonchev–Trinajstić information content (AvgIpc) is 3.27. The summed E-state index contributed by atoms with van der Waals surface area (Å²) in [5.41, 5.74) is 0. The number of carbonyl (C=O) groups excluding carboxylic acids is 1. The second-order valence-corrected chi connectivity index (χ2v) is 10.5. The van der Waals surface area contributed by atoms with E-state index in [0.717, 1.165) is 51.3 Å². The molecule has 1 saturated carbocycles. The topological polar surface area (TPSA) is 56.7 Å². The number of hydrogen-bond donors (Lipinski definition) is 2. The van der Waals surface area contributed by atoms with E-state index < -0.39 is 0 Å². The molecule has 0 aromatic heterocycles. The first-order chi connectivity index (χ1) is 15.1. The van der Waals surface area contributed by atoms with E-state index in [2.05, 4.69) is 64.7 Å². The van der Waals surface area contributed by atoms with Crippen molar-refractivity contribution in [2.45, 2.75) is 80.9 Å². The van der Waals surface area contributed by atoms with E-state index in [1.165, 1.54) is 30.6 Å². The van der Waals surface area contributed by atoms with Crippen molar-refractivity contribution in [1.29, 1.82) is 0 Å². The standard InChI is InChI=1S/C25H40N4OS.HI/c1-4-20(5-2)23(30)29-17-13-21(14-18-29)28-24(26-3)27-19-25(15-9-10-16-25)31-22-11-7-6-8-12-22;/h6-8,11-12,20-21H,4-5,9-10,13-19H2,1-3H3,(H2,26,27,28);1H. The Morgan fingerprint density at radius 2 is 1.78 bits per heavy atom. The third-order valence-electron chi connectivity index (χ3n) is 6.88. The average molecular weight is 573 g/mol. The van der Waals surface area contributed by atoms with Gasteiger partial charge in [-0.15, -0.1) is 35.7 Å². The quantitative estimate of drug-likeness (QED) is 0.252. The molecule has 2 fully saturated rings. The lowest BCUT2D eigenvalue weighted by atomic mass is 9.98. The van der Waals surface area contributed by atoms with E-state index in [1.54, 1.807) is 0 Å². The highest BCUT2D eigenvalue weighted by molar-refractivity contribution is 14.0. The molecule has 1 aromatic rings. The van der Waals surface area contributed by atoms with Gasteiger partial charge in [-0.05, 0) is 50.7 Å². The van der Waals surface area contributed by atoms with Crippen LogP contribution in [0.5, 0.6) is 0 Å². The highest BCUT2D eigenvalue weighted by atomic mass is 127. The van der Waals surface area contributed by atoms with Crippen molar-refractivity contribution in [2.24, 2.45) is 10.9 Å². The zero-order chi connectivity index (χ0) is 22.1. The summed E-state index contributed by atoms with van der Waals surface area (Å²) in [6.07, 6.45) is 8.93. The van der Waals surface area contributed by atoms with Gasteiger partial charge in [-0.1, -0.05) is 44.9 Å². The number of carbonyl (C=O) groups is 1. The highest BCUT2D eigenvalue weighted by Gasteiger charge is 2.35. The summed E-state index contributed by atoms with van der Waals surface area (Å²) in [4.78, 5) is 20.6. The molecular formula is C25H41IN4OS. The zero-order valence-electron chi connectivity index (χ0n) is 19.9. The van der Waals surface area contributed by atoms with Gasteiger partial charge in [-0.25, -0.2) is 0 Å². The minimum Gasteiger partial charge on any atom is -0.355 e. The molecule has 7 heteroatoms. The first-order valence-corrected chi connectivity index (χ1v) is 12.9. The maximum Gasteiger partial charge on any atom is 0.225 e. The van der Waals surface area contributed by atoms with Crippen molar-refractivity contribution < 1.29 is 4.79 Å². The number of rotatable bonds is 8. The van der Waals surface area contributed by atoms with Gasteiger partial charge in [0.2, 0.25) is 5.91 Å². The maximum atomic E-state index is 12.6. The number of benzene rings is 1. The molecule has 180 valence electrons. The van der Waals surface area contributed by atoms with Crippen LogP contribution in [-0.2, 0) is 4.79 Å². The van der Waals surface area contributed by atoms with Crippen LogP contribution >= 0.6 is 35.7 Å². The van der Waals surface area contributed by atoms with Crippen LogP contribution < -0.4 is 10.6 Å². The molecule has 0 radical (unpaired) electrons. The summed E-state index contributed by atoms with van der Waals surface area (Å²) in [5, 5.41) is 7.25. The number of amides is 1. The van der Waals surface area contributed by atoms with E-state index in [1.807, 2.05) is 18.8 Å². The number of halogens is 1. The minimum absolute atomic E-state index is 0. The van der Waals surface area contributed by atoms with Gasteiger partial charge in [0.05, 0.1) is 0 Å². The highest BCUT2D eigenvalue weighted by Crippen LogP contribution is 2.44. The molecule has 2 aliphatic rings. The number of nitrogens with zero attached hydrogens (tertiary/aromatic N) is 2. The minimum atomic E-state index is 0. The number of thioether (sulfide) groups is 1. The van der Waals surface area contributed by atoms with Gasteiger partial charge in [0, 0.05) is 48.3 Å². The smallest absolute Gasteiger partial charge is 0.225 e. The molecule has 0 spiro atoms. The van der Waals surface area contributed by atoms with E-state index >= 15 is 0 Å². The molecule has 1 aromatic carbocycles. The summed E-state index contributed by atoms with van der Waals surface area (Å²) in [7, 11) is 1.85. The van der Waals surface area contributed by atoms with Crippen LogP contribution in [0, 0.1) is 5.92 Å². The molecule has 32 heavy (non-hydrogen) atoms. The van der Waals surface area contributed by atoms with Gasteiger partial charge < -0.3 is 15.5 Å². The van der Waals surface area contributed by atoms with Crippen LogP contribution in [0.4, 0.5) is 0 Å². The van der Waals surface area contributed by atoms with Gasteiger partial charge in [0.25, 0.3) is 0 Å². The third-order valence-corrected chi connectivity index (χ3v) is 8.37. The number of aliphatic imine (C=N–C) groups is 1. The molecule has 2 N–H and O–H groups in total. The number of guanidine groups is 1. The Balaban J connectivity index is 0.00000363. The summed E-state index contributed by atoms with van der Waals surface area (Å²) in [6, 6.07) is 11.1. The molecule has 0 unspecified atom stereocenters. The van der Waals surface area contributed by atoms with Crippen molar-refractivity contribution in [2.75, 3.05) is 26.7 Å². The fourth-order valence-electron chi connectivity index (χ4n) is 4.85. The normalized spacial score (nSPS) is 19.0. The first-order valence-electron chi connectivity index (χ1n) is 12.1. The third kappa shape index (κ3) is 7.54. The van der Waals surface area contributed by atoms with Crippen LogP contribution in [0.25, 0.3) is 0 Å². The lowest BCUT2D eigenvalue weighted by Crippen LogP contribution is -2.52. The summed E-state index contributed by atoms with van der Waals surface area (Å²) >= 11 is 2.02. The van der Waals surface area contributed by atoms with Crippen LogP contribution in [0.1, 0.15) is 65.2 Å². The molecule has 0 atom stereocenters. The fourth-order valence-corrected chi connectivity index (χ4v) is 6.28. The van der Waals surface area contributed by atoms with Gasteiger partial charge in [0.1, 0.15) is 0 Å². The van der Waals surface area contributed by atoms with Crippen LogP contribution in [0.2, 0.25) is 0 Å². The Labute approximate surface area is 216 Å². The molecular weight excluding hydrogens is 531 g/mol. The van der Waals surface area contributed by atoms with Crippen molar-refractivity contribution >= 4 is 47.6 Å². The largest absolute Gasteiger partial charge is 0.355 e. The molecule has 0 bridgehead atoms. The van der Waals surface area contributed by atoms with E-state index in [-0.39, 0.29) is 34.6 Å². The SMILES string of the molecule is CCC(CC)C(=O)N1CCC(NC(=NC)NCC2(Sc3ccccc3)CCCC2)CC1.I.